The van der Waals surface area contributed by atoms with Crippen molar-refractivity contribution in [2.75, 3.05) is 19.0 Å². The van der Waals surface area contributed by atoms with Crippen LogP contribution in [0.15, 0.2) is 42.5 Å². The van der Waals surface area contributed by atoms with Gasteiger partial charge in [-0.25, -0.2) is 4.98 Å². The Hall–Kier alpha value is -2.80. The molecule has 0 atom stereocenters. The van der Waals surface area contributed by atoms with E-state index in [1.807, 2.05) is 38.4 Å². The Balaban J connectivity index is 2.03. The molecule has 1 heterocycles. The van der Waals surface area contributed by atoms with E-state index in [-0.39, 0.29) is 0 Å². The van der Waals surface area contributed by atoms with E-state index in [0.29, 0.717) is 5.56 Å². The summed E-state index contributed by atoms with van der Waals surface area (Å²) in [7, 11) is 4.03. The summed E-state index contributed by atoms with van der Waals surface area (Å²) in [5.41, 5.74) is 4.57. The predicted octanol–water partition coefficient (Wildman–Crippen LogP) is 3.17. The van der Waals surface area contributed by atoms with Crippen LogP contribution in [-0.4, -0.2) is 24.1 Å². The summed E-state index contributed by atoms with van der Waals surface area (Å²) in [4.78, 5) is 9.87. The molecule has 3 rings (SSSR count). The molecular weight excluding hydrogens is 248 g/mol. The van der Waals surface area contributed by atoms with Crippen molar-refractivity contribution < 1.29 is 0 Å². The van der Waals surface area contributed by atoms with Crippen molar-refractivity contribution in [1.29, 1.82) is 5.26 Å². The summed E-state index contributed by atoms with van der Waals surface area (Å²) in [5.74, 6) is 0.820. The topological polar surface area (TPSA) is 55.7 Å². The molecule has 3 aromatic rings. The molecule has 4 nitrogen and oxygen atoms in total. The Labute approximate surface area is 117 Å². The Kier molecular flexibility index (Phi) is 2.88. The maximum Gasteiger partial charge on any atom is 0.138 e. The normalized spacial score (nSPS) is 10.4. The fraction of sp³-hybridized carbons (Fsp3) is 0.125. The highest BCUT2D eigenvalue weighted by Gasteiger charge is 2.06. The highest BCUT2D eigenvalue weighted by Crippen LogP contribution is 2.23. The molecule has 0 aliphatic heterocycles. The van der Waals surface area contributed by atoms with Crippen molar-refractivity contribution in [1.82, 2.24) is 9.97 Å². The number of benzene rings is 2. The lowest BCUT2D eigenvalue weighted by Crippen LogP contribution is -2.07. The summed E-state index contributed by atoms with van der Waals surface area (Å²) in [6.07, 6.45) is 0. The second-order valence-corrected chi connectivity index (χ2v) is 4.87. The number of rotatable bonds is 2. The van der Waals surface area contributed by atoms with Gasteiger partial charge in [-0.2, -0.15) is 5.26 Å². The summed E-state index contributed by atoms with van der Waals surface area (Å²) in [6, 6.07) is 15.8. The Morgan fingerprint density at radius 1 is 1.10 bits per heavy atom. The zero-order chi connectivity index (χ0) is 14.1. The van der Waals surface area contributed by atoms with Crippen molar-refractivity contribution in [2.24, 2.45) is 0 Å². The molecule has 0 spiro atoms. The van der Waals surface area contributed by atoms with E-state index in [0.717, 1.165) is 28.1 Å². The molecule has 1 aromatic heterocycles. The predicted molar refractivity (Wildman–Crippen MR) is 80.6 cm³/mol. The van der Waals surface area contributed by atoms with Crippen molar-refractivity contribution in [3.05, 3.63) is 48.0 Å². The summed E-state index contributed by atoms with van der Waals surface area (Å²) in [6.45, 7) is 0. The van der Waals surface area contributed by atoms with Gasteiger partial charge in [0, 0.05) is 25.3 Å². The molecule has 0 unspecified atom stereocenters. The van der Waals surface area contributed by atoms with E-state index in [4.69, 9.17) is 5.26 Å². The number of aromatic nitrogens is 2. The summed E-state index contributed by atoms with van der Waals surface area (Å²) < 4.78 is 0. The zero-order valence-electron chi connectivity index (χ0n) is 11.4. The monoisotopic (exact) mass is 262 g/mol. The minimum absolute atomic E-state index is 0.635. The van der Waals surface area contributed by atoms with E-state index in [2.05, 4.69) is 33.1 Å². The minimum atomic E-state index is 0.635. The van der Waals surface area contributed by atoms with Crippen LogP contribution in [0.25, 0.3) is 22.4 Å². The average Bonchev–Trinajstić information content (AvgIpc) is 2.90. The molecule has 98 valence electrons. The number of H-pyrrole nitrogens is 1. The minimum Gasteiger partial charge on any atom is -0.378 e. The van der Waals surface area contributed by atoms with Crippen molar-refractivity contribution in [2.45, 2.75) is 0 Å². The molecule has 20 heavy (non-hydrogen) atoms. The van der Waals surface area contributed by atoms with Gasteiger partial charge in [0.15, 0.2) is 0 Å². The third kappa shape index (κ3) is 2.10. The van der Waals surface area contributed by atoms with Crippen LogP contribution < -0.4 is 4.90 Å². The Morgan fingerprint density at radius 2 is 1.85 bits per heavy atom. The van der Waals surface area contributed by atoms with Crippen LogP contribution in [-0.2, 0) is 0 Å². The molecule has 0 radical (unpaired) electrons. The number of nitrogens with zero attached hydrogens (tertiary/aromatic N) is 3. The first kappa shape index (κ1) is 12.2. The maximum absolute atomic E-state index is 8.91. The number of hydrogen-bond donors (Lipinski definition) is 1. The SMILES string of the molecule is CN(C)c1ccc(-c2nc3ccc(C#N)cc3[nH]2)cc1. The second-order valence-electron chi connectivity index (χ2n) is 4.87. The van der Waals surface area contributed by atoms with E-state index in [1.165, 1.54) is 0 Å². The fourth-order valence-electron chi connectivity index (χ4n) is 2.13. The largest absolute Gasteiger partial charge is 0.378 e. The number of aromatic amines is 1. The van der Waals surface area contributed by atoms with E-state index < -0.39 is 0 Å². The van der Waals surface area contributed by atoms with Crippen LogP contribution in [0.1, 0.15) is 5.56 Å². The van der Waals surface area contributed by atoms with Crippen LogP contribution in [0.4, 0.5) is 5.69 Å². The number of nitriles is 1. The Bertz CT molecular complexity index is 791. The van der Waals surface area contributed by atoms with Crippen LogP contribution in [0.2, 0.25) is 0 Å². The van der Waals surface area contributed by atoms with Gasteiger partial charge in [0.2, 0.25) is 0 Å². The molecular formula is C16H14N4. The zero-order valence-corrected chi connectivity index (χ0v) is 11.4. The third-order valence-corrected chi connectivity index (χ3v) is 3.27. The van der Waals surface area contributed by atoms with Gasteiger partial charge in [-0.1, -0.05) is 0 Å². The molecule has 0 fully saturated rings. The van der Waals surface area contributed by atoms with Gasteiger partial charge in [0.25, 0.3) is 0 Å². The highest BCUT2D eigenvalue weighted by molar-refractivity contribution is 5.80. The number of hydrogen-bond acceptors (Lipinski definition) is 3. The van der Waals surface area contributed by atoms with Gasteiger partial charge in [0.05, 0.1) is 22.7 Å². The molecule has 0 aliphatic rings. The quantitative estimate of drug-likeness (QED) is 0.771. The average molecular weight is 262 g/mol. The van der Waals surface area contributed by atoms with Crippen LogP contribution in [0, 0.1) is 11.3 Å². The van der Waals surface area contributed by atoms with Crippen molar-refractivity contribution in [3.63, 3.8) is 0 Å². The van der Waals surface area contributed by atoms with E-state index >= 15 is 0 Å². The first-order chi connectivity index (χ1) is 9.67. The van der Waals surface area contributed by atoms with Crippen LogP contribution in [0.3, 0.4) is 0 Å². The fourth-order valence-corrected chi connectivity index (χ4v) is 2.13. The van der Waals surface area contributed by atoms with Crippen molar-refractivity contribution in [3.8, 4) is 17.5 Å². The van der Waals surface area contributed by atoms with Crippen LogP contribution in [0.5, 0.6) is 0 Å². The highest BCUT2D eigenvalue weighted by atomic mass is 15.1. The lowest BCUT2D eigenvalue weighted by Gasteiger charge is -2.11. The molecule has 4 heteroatoms. The standard InChI is InChI=1S/C16H14N4/c1-20(2)13-6-4-12(5-7-13)16-18-14-8-3-11(10-17)9-15(14)19-16/h3-9H,1-2H3,(H,18,19). The van der Waals surface area contributed by atoms with Gasteiger partial charge in [-0.15, -0.1) is 0 Å². The summed E-state index contributed by atoms with van der Waals surface area (Å²) >= 11 is 0. The lowest BCUT2D eigenvalue weighted by atomic mass is 10.2. The van der Waals surface area contributed by atoms with Gasteiger partial charge in [-0.3, -0.25) is 0 Å². The third-order valence-electron chi connectivity index (χ3n) is 3.27. The van der Waals surface area contributed by atoms with E-state index in [9.17, 15) is 0 Å². The first-order valence-electron chi connectivity index (χ1n) is 6.35. The smallest absolute Gasteiger partial charge is 0.138 e. The number of fused-ring (bicyclic) bond motifs is 1. The van der Waals surface area contributed by atoms with Crippen molar-refractivity contribution >= 4 is 16.7 Å². The van der Waals surface area contributed by atoms with E-state index in [1.54, 1.807) is 6.07 Å². The number of anilines is 1. The van der Waals surface area contributed by atoms with Gasteiger partial charge in [-0.05, 0) is 42.5 Å². The molecule has 0 saturated heterocycles. The second kappa shape index (κ2) is 4.71. The maximum atomic E-state index is 8.91. The van der Waals surface area contributed by atoms with Gasteiger partial charge in [0.1, 0.15) is 5.82 Å². The van der Waals surface area contributed by atoms with Gasteiger partial charge < -0.3 is 9.88 Å². The number of imidazole rings is 1. The van der Waals surface area contributed by atoms with Gasteiger partial charge >= 0.3 is 0 Å². The first-order valence-corrected chi connectivity index (χ1v) is 6.35. The molecule has 0 bridgehead atoms. The molecule has 1 N–H and O–H groups in total. The molecule has 2 aromatic carbocycles. The molecule has 0 saturated carbocycles. The molecule has 0 aliphatic carbocycles. The molecule has 0 amide bonds. The lowest BCUT2D eigenvalue weighted by molar-refractivity contribution is 1.13. The Morgan fingerprint density at radius 3 is 2.50 bits per heavy atom. The summed E-state index contributed by atoms with van der Waals surface area (Å²) in [5, 5.41) is 8.91. The van der Waals surface area contributed by atoms with Crippen LogP contribution >= 0.6 is 0 Å². The number of nitrogens with one attached hydrogen (secondary N) is 1.